The summed E-state index contributed by atoms with van der Waals surface area (Å²) in [6, 6.07) is 22.8. The Kier molecular flexibility index (Phi) is 3.72. The number of ether oxygens (including phenoxy) is 2. The lowest BCUT2D eigenvalue weighted by atomic mass is 10.0. The lowest BCUT2D eigenvalue weighted by Gasteiger charge is -2.13. The third-order valence-electron chi connectivity index (χ3n) is 5.33. The molecule has 5 aromatic rings. The number of methoxy groups -OCH3 is 2. The molecule has 0 saturated carbocycles. The zero-order valence-corrected chi connectivity index (χ0v) is 16.1. The van der Waals surface area contributed by atoms with Crippen molar-refractivity contribution < 1.29 is 9.47 Å². The molecule has 0 atom stereocenters. The van der Waals surface area contributed by atoms with E-state index in [0.29, 0.717) is 0 Å². The topological polar surface area (TPSA) is 35.8 Å². The molecule has 3 aromatic carbocycles. The number of benzene rings is 3. The average Bonchev–Trinajstić information content (AvgIpc) is 3.14. The number of nitrogens with zero attached hydrogens (tertiary/aromatic N) is 2. The van der Waals surface area contributed by atoms with Gasteiger partial charge in [0, 0.05) is 10.9 Å². The lowest BCUT2D eigenvalue weighted by Crippen LogP contribution is -1.97. The van der Waals surface area contributed by atoms with Gasteiger partial charge in [-0.2, -0.15) is 0 Å². The first-order valence-electron chi connectivity index (χ1n) is 9.24. The predicted molar refractivity (Wildman–Crippen MR) is 113 cm³/mol. The van der Waals surface area contributed by atoms with Gasteiger partial charge in [-0.3, -0.25) is 4.40 Å². The summed E-state index contributed by atoms with van der Waals surface area (Å²) in [6.45, 7) is 2.13. The van der Waals surface area contributed by atoms with Gasteiger partial charge in [-0.15, -0.1) is 0 Å². The smallest absolute Gasteiger partial charge is 0.147 e. The van der Waals surface area contributed by atoms with Gasteiger partial charge in [-0.1, -0.05) is 48.5 Å². The number of hydrogen-bond acceptors (Lipinski definition) is 3. The van der Waals surface area contributed by atoms with Crippen molar-refractivity contribution in [2.45, 2.75) is 6.92 Å². The second kappa shape index (κ2) is 6.27. The first-order valence-corrected chi connectivity index (χ1v) is 9.24. The summed E-state index contributed by atoms with van der Waals surface area (Å²) in [4.78, 5) is 5.00. The van der Waals surface area contributed by atoms with Crippen molar-refractivity contribution in [2.75, 3.05) is 14.2 Å². The Labute approximate surface area is 163 Å². The molecule has 5 rings (SSSR count). The van der Waals surface area contributed by atoms with Crippen molar-refractivity contribution in [3.05, 3.63) is 72.3 Å². The van der Waals surface area contributed by atoms with Crippen LogP contribution in [0.3, 0.4) is 0 Å². The standard InChI is InChI=1S/C24H20N2O2/c1-15-8-4-6-10-17(15)19-14-16-9-5-7-11-18(16)24-25-22-20(27-2)12-13-21(28-3)23(22)26(19)24/h4-14H,1-3H3. The highest BCUT2D eigenvalue weighted by Crippen LogP contribution is 2.39. The molecule has 0 aliphatic heterocycles. The maximum Gasteiger partial charge on any atom is 0.147 e. The molecule has 0 spiro atoms. The zero-order chi connectivity index (χ0) is 19.3. The maximum atomic E-state index is 5.71. The van der Waals surface area contributed by atoms with E-state index in [-0.39, 0.29) is 0 Å². The summed E-state index contributed by atoms with van der Waals surface area (Å²) in [5, 5.41) is 2.25. The molecular formula is C24H20N2O2. The highest BCUT2D eigenvalue weighted by atomic mass is 16.5. The summed E-state index contributed by atoms with van der Waals surface area (Å²) < 4.78 is 13.5. The second-order valence-electron chi connectivity index (χ2n) is 6.87. The van der Waals surface area contributed by atoms with Gasteiger partial charge in [0.1, 0.15) is 28.2 Å². The molecule has 0 aliphatic carbocycles. The van der Waals surface area contributed by atoms with E-state index in [0.717, 1.165) is 44.6 Å². The number of aromatic nitrogens is 2. The minimum absolute atomic E-state index is 0.735. The van der Waals surface area contributed by atoms with Crippen LogP contribution in [0.4, 0.5) is 0 Å². The van der Waals surface area contributed by atoms with E-state index in [1.807, 2.05) is 18.2 Å². The molecule has 2 aromatic heterocycles. The van der Waals surface area contributed by atoms with Gasteiger partial charge in [0.05, 0.1) is 19.9 Å². The van der Waals surface area contributed by atoms with Crippen molar-refractivity contribution >= 4 is 27.5 Å². The van der Waals surface area contributed by atoms with Gasteiger partial charge < -0.3 is 9.47 Å². The van der Waals surface area contributed by atoms with E-state index in [9.17, 15) is 0 Å². The summed E-state index contributed by atoms with van der Waals surface area (Å²) in [5.41, 5.74) is 6.08. The zero-order valence-electron chi connectivity index (χ0n) is 16.1. The molecule has 0 fully saturated rings. The molecule has 138 valence electrons. The molecule has 4 nitrogen and oxygen atoms in total. The first kappa shape index (κ1) is 16.6. The molecular weight excluding hydrogens is 348 g/mol. The van der Waals surface area contributed by atoms with Crippen LogP contribution in [0, 0.1) is 6.92 Å². The van der Waals surface area contributed by atoms with Crippen LogP contribution in [0.1, 0.15) is 5.56 Å². The normalized spacial score (nSPS) is 11.4. The number of hydrogen-bond donors (Lipinski definition) is 0. The summed E-state index contributed by atoms with van der Waals surface area (Å²) in [6.07, 6.45) is 0. The van der Waals surface area contributed by atoms with E-state index >= 15 is 0 Å². The van der Waals surface area contributed by atoms with Crippen molar-refractivity contribution in [3.63, 3.8) is 0 Å². The van der Waals surface area contributed by atoms with Crippen LogP contribution in [-0.4, -0.2) is 23.6 Å². The van der Waals surface area contributed by atoms with Crippen LogP contribution in [0.15, 0.2) is 66.7 Å². The number of rotatable bonds is 3. The van der Waals surface area contributed by atoms with E-state index < -0.39 is 0 Å². The van der Waals surface area contributed by atoms with Crippen molar-refractivity contribution in [3.8, 4) is 22.8 Å². The predicted octanol–water partition coefficient (Wildman–Crippen LogP) is 5.63. The lowest BCUT2D eigenvalue weighted by molar-refractivity contribution is 0.409. The summed E-state index contributed by atoms with van der Waals surface area (Å²) in [7, 11) is 3.36. The molecule has 0 saturated heterocycles. The average molecular weight is 368 g/mol. The van der Waals surface area contributed by atoms with Crippen molar-refractivity contribution in [1.82, 2.24) is 9.38 Å². The van der Waals surface area contributed by atoms with Crippen LogP contribution < -0.4 is 9.47 Å². The van der Waals surface area contributed by atoms with Gasteiger partial charge in [-0.25, -0.2) is 4.98 Å². The maximum absolute atomic E-state index is 5.71. The van der Waals surface area contributed by atoms with Crippen LogP contribution in [0.25, 0.3) is 38.7 Å². The van der Waals surface area contributed by atoms with Gasteiger partial charge in [0.15, 0.2) is 0 Å². The Balaban J connectivity index is 2.08. The van der Waals surface area contributed by atoms with Gasteiger partial charge in [-0.05, 0) is 36.1 Å². The SMILES string of the molecule is COc1ccc(OC)c2c1nc1c3ccccc3cc(-c3ccccc3C)n12. The number of aryl methyl sites for hydroxylation is 1. The van der Waals surface area contributed by atoms with Crippen LogP contribution >= 0.6 is 0 Å². The fraction of sp³-hybridized carbons (Fsp3) is 0.125. The highest BCUT2D eigenvalue weighted by Gasteiger charge is 2.20. The third-order valence-corrected chi connectivity index (χ3v) is 5.33. The highest BCUT2D eigenvalue weighted by molar-refractivity contribution is 6.03. The molecule has 0 radical (unpaired) electrons. The van der Waals surface area contributed by atoms with Gasteiger partial charge in [0.2, 0.25) is 0 Å². The fourth-order valence-corrected chi connectivity index (χ4v) is 3.97. The first-order chi connectivity index (χ1) is 13.7. The molecule has 0 unspecified atom stereocenters. The minimum atomic E-state index is 0.735. The van der Waals surface area contributed by atoms with Crippen molar-refractivity contribution in [1.29, 1.82) is 0 Å². The summed E-state index contributed by atoms with van der Waals surface area (Å²) in [5.74, 6) is 1.51. The van der Waals surface area contributed by atoms with Crippen LogP contribution in [-0.2, 0) is 0 Å². The monoisotopic (exact) mass is 368 g/mol. The fourth-order valence-electron chi connectivity index (χ4n) is 3.97. The summed E-state index contributed by atoms with van der Waals surface area (Å²) >= 11 is 0. The van der Waals surface area contributed by atoms with Crippen LogP contribution in [0.2, 0.25) is 0 Å². The van der Waals surface area contributed by atoms with E-state index in [2.05, 4.69) is 59.9 Å². The van der Waals surface area contributed by atoms with E-state index in [1.165, 1.54) is 11.1 Å². The minimum Gasteiger partial charge on any atom is -0.494 e. The molecule has 0 N–H and O–H groups in total. The van der Waals surface area contributed by atoms with E-state index in [4.69, 9.17) is 14.5 Å². The largest absolute Gasteiger partial charge is 0.494 e. The van der Waals surface area contributed by atoms with Crippen molar-refractivity contribution in [2.24, 2.45) is 0 Å². The van der Waals surface area contributed by atoms with E-state index in [1.54, 1.807) is 14.2 Å². The Morgan fingerprint density at radius 1 is 0.821 bits per heavy atom. The molecule has 4 heteroatoms. The molecule has 0 amide bonds. The molecule has 2 heterocycles. The Morgan fingerprint density at radius 2 is 1.54 bits per heavy atom. The van der Waals surface area contributed by atoms with Gasteiger partial charge in [0.25, 0.3) is 0 Å². The Hall–Kier alpha value is -3.53. The molecule has 0 bridgehead atoms. The van der Waals surface area contributed by atoms with Gasteiger partial charge >= 0.3 is 0 Å². The van der Waals surface area contributed by atoms with Crippen LogP contribution in [0.5, 0.6) is 11.5 Å². The number of imidazole rings is 1. The molecule has 28 heavy (non-hydrogen) atoms. The second-order valence-corrected chi connectivity index (χ2v) is 6.87. The third kappa shape index (κ3) is 2.28. The quantitative estimate of drug-likeness (QED) is 0.414. The Morgan fingerprint density at radius 3 is 2.32 bits per heavy atom. The number of pyridine rings is 1. The molecule has 0 aliphatic rings. The Bertz CT molecular complexity index is 1350. The number of fused-ring (bicyclic) bond motifs is 5.